The molecule has 2 aromatic rings. The van der Waals surface area contributed by atoms with Crippen molar-refractivity contribution in [2.24, 2.45) is 7.05 Å². The lowest BCUT2D eigenvalue weighted by atomic mass is 10.2. The number of benzene rings is 1. The summed E-state index contributed by atoms with van der Waals surface area (Å²) in [5.41, 5.74) is -0.637. The highest BCUT2D eigenvalue weighted by Gasteiger charge is 2.22. The molecule has 0 fully saturated rings. The Morgan fingerprint density at radius 2 is 2.05 bits per heavy atom. The zero-order valence-electron chi connectivity index (χ0n) is 11.3. The third kappa shape index (κ3) is 3.37. The Balaban J connectivity index is 2.28. The number of aromatic carboxylic acids is 1. The molecule has 9 heteroatoms. The van der Waals surface area contributed by atoms with Crippen molar-refractivity contribution in [2.75, 3.05) is 5.32 Å². The lowest BCUT2D eigenvalue weighted by molar-refractivity contribution is -0.0493. The molecule has 0 bridgehead atoms. The molecule has 0 saturated heterocycles. The number of carboxylic acid groups (broad SMARTS) is 1. The second kappa shape index (κ2) is 6.20. The van der Waals surface area contributed by atoms with Crippen molar-refractivity contribution < 1.29 is 28.2 Å². The monoisotopic (exact) mass is 311 g/mol. The number of aryl methyl sites for hydroxylation is 1. The third-order valence-corrected chi connectivity index (χ3v) is 2.63. The van der Waals surface area contributed by atoms with Crippen LogP contribution in [0.1, 0.15) is 20.8 Å². The molecule has 0 saturated carbocycles. The van der Waals surface area contributed by atoms with Gasteiger partial charge in [0.15, 0.2) is 5.69 Å². The van der Waals surface area contributed by atoms with E-state index in [0.717, 1.165) is 0 Å². The largest absolute Gasteiger partial charge is 0.476 e. The van der Waals surface area contributed by atoms with Crippen LogP contribution in [0, 0.1) is 0 Å². The summed E-state index contributed by atoms with van der Waals surface area (Å²) >= 11 is 0. The third-order valence-electron chi connectivity index (χ3n) is 2.63. The minimum Gasteiger partial charge on any atom is -0.476 e. The van der Waals surface area contributed by atoms with E-state index in [-0.39, 0.29) is 17.0 Å². The van der Waals surface area contributed by atoms with E-state index >= 15 is 0 Å². The molecule has 0 aliphatic rings. The molecule has 2 rings (SSSR count). The number of ether oxygens (including phenoxy) is 1. The van der Waals surface area contributed by atoms with Crippen LogP contribution in [-0.4, -0.2) is 33.4 Å². The van der Waals surface area contributed by atoms with Gasteiger partial charge in [-0.05, 0) is 12.1 Å². The fraction of sp³-hybridized carbons (Fsp3) is 0.154. The molecule has 0 atom stereocenters. The number of para-hydroxylation sites is 2. The van der Waals surface area contributed by atoms with Crippen molar-refractivity contribution in [1.82, 2.24) is 9.78 Å². The second-order valence-electron chi connectivity index (χ2n) is 4.20. The number of carbonyl (C=O) groups is 2. The van der Waals surface area contributed by atoms with Crippen molar-refractivity contribution in [3.63, 3.8) is 0 Å². The van der Waals surface area contributed by atoms with Crippen molar-refractivity contribution >= 4 is 17.6 Å². The molecule has 0 spiro atoms. The van der Waals surface area contributed by atoms with E-state index in [1.165, 1.54) is 42.2 Å². The molecule has 7 nitrogen and oxygen atoms in total. The summed E-state index contributed by atoms with van der Waals surface area (Å²) in [6.45, 7) is -3.05. The molecular formula is C13H11F2N3O4. The Kier molecular flexibility index (Phi) is 4.35. The van der Waals surface area contributed by atoms with Crippen LogP contribution in [0.3, 0.4) is 0 Å². The average molecular weight is 311 g/mol. The molecule has 0 aliphatic heterocycles. The van der Waals surface area contributed by atoms with E-state index in [4.69, 9.17) is 5.11 Å². The molecule has 1 aromatic heterocycles. The van der Waals surface area contributed by atoms with Crippen LogP contribution in [-0.2, 0) is 7.05 Å². The first kappa shape index (κ1) is 15.4. The van der Waals surface area contributed by atoms with Gasteiger partial charge in [0.1, 0.15) is 5.75 Å². The molecule has 0 unspecified atom stereocenters. The second-order valence-corrected chi connectivity index (χ2v) is 4.20. The zero-order valence-corrected chi connectivity index (χ0v) is 11.3. The van der Waals surface area contributed by atoms with E-state index in [0.29, 0.717) is 0 Å². The number of halogens is 2. The topological polar surface area (TPSA) is 93.5 Å². The van der Waals surface area contributed by atoms with Gasteiger partial charge in [0.2, 0.25) is 0 Å². The maximum atomic E-state index is 12.3. The zero-order chi connectivity index (χ0) is 16.3. The summed E-state index contributed by atoms with van der Waals surface area (Å²) < 4.78 is 30.1. The van der Waals surface area contributed by atoms with Gasteiger partial charge in [-0.1, -0.05) is 12.1 Å². The van der Waals surface area contributed by atoms with Crippen molar-refractivity contribution in [3.05, 3.63) is 41.7 Å². The van der Waals surface area contributed by atoms with Crippen LogP contribution in [0.4, 0.5) is 14.5 Å². The van der Waals surface area contributed by atoms with E-state index in [1.807, 2.05) is 0 Å². The smallest absolute Gasteiger partial charge is 0.387 e. The number of alkyl halides is 2. The Labute approximate surface area is 123 Å². The molecule has 22 heavy (non-hydrogen) atoms. The van der Waals surface area contributed by atoms with Crippen LogP contribution in [0.5, 0.6) is 5.75 Å². The molecule has 1 amide bonds. The van der Waals surface area contributed by atoms with Crippen molar-refractivity contribution in [1.29, 1.82) is 0 Å². The Morgan fingerprint density at radius 1 is 1.36 bits per heavy atom. The maximum Gasteiger partial charge on any atom is 0.387 e. The Hall–Kier alpha value is -2.97. The predicted molar refractivity (Wildman–Crippen MR) is 71.2 cm³/mol. The van der Waals surface area contributed by atoms with Crippen LogP contribution in [0.15, 0.2) is 30.5 Å². The van der Waals surface area contributed by atoms with Crippen LogP contribution in [0.2, 0.25) is 0 Å². The standard InChI is InChI=1S/C13H11F2N3O4/c1-18-6-7(10(17-18)12(20)21)11(19)16-8-4-2-3-5-9(8)22-13(14)15/h2-6,13H,1H3,(H,16,19)(H,20,21). The van der Waals surface area contributed by atoms with E-state index in [9.17, 15) is 18.4 Å². The molecule has 1 aromatic carbocycles. The first-order valence-electron chi connectivity index (χ1n) is 6.00. The average Bonchev–Trinajstić information content (AvgIpc) is 2.83. The van der Waals surface area contributed by atoms with Crippen LogP contribution >= 0.6 is 0 Å². The van der Waals surface area contributed by atoms with Crippen molar-refractivity contribution in [2.45, 2.75) is 6.61 Å². The molecule has 0 radical (unpaired) electrons. The number of carbonyl (C=O) groups excluding carboxylic acids is 1. The van der Waals surface area contributed by atoms with Gasteiger partial charge >= 0.3 is 12.6 Å². The summed E-state index contributed by atoms with van der Waals surface area (Å²) in [4.78, 5) is 23.1. The normalized spacial score (nSPS) is 10.5. The van der Waals surface area contributed by atoms with Crippen LogP contribution in [0.25, 0.3) is 0 Å². The number of amides is 1. The number of nitrogens with zero attached hydrogens (tertiary/aromatic N) is 2. The summed E-state index contributed by atoms with van der Waals surface area (Å²) in [5, 5.41) is 15.0. The number of hydrogen-bond acceptors (Lipinski definition) is 4. The summed E-state index contributed by atoms with van der Waals surface area (Å²) in [7, 11) is 1.46. The van der Waals surface area contributed by atoms with Gasteiger partial charge in [0.25, 0.3) is 5.91 Å². The molecule has 116 valence electrons. The number of hydrogen-bond donors (Lipinski definition) is 2. The van der Waals surface area contributed by atoms with E-state index in [1.54, 1.807) is 0 Å². The fourth-order valence-corrected chi connectivity index (χ4v) is 1.77. The highest BCUT2D eigenvalue weighted by Crippen LogP contribution is 2.26. The van der Waals surface area contributed by atoms with E-state index < -0.39 is 24.2 Å². The lowest BCUT2D eigenvalue weighted by Crippen LogP contribution is -2.16. The minimum absolute atomic E-state index is 0.00649. The van der Waals surface area contributed by atoms with Gasteiger partial charge in [0.05, 0.1) is 11.3 Å². The number of rotatable bonds is 5. The first-order chi connectivity index (χ1) is 10.4. The number of carboxylic acids is 1. The highest BCUT2D eigenvalue weighted by molar-refractivity contribution is 6.10. The quantitative estimate of drug-likeness (QED) is 0.880. The molecule has 1 heterocycles. The summed E-state index contributed by atoms with van der Waals surface area (Å²) in [6.07, 6.45) is 1.22. The SMILES string of the molecule is Cn1cc(C(=O)Nc2ccccc2OC(F)F)c(C(=O)O)n1. The predicted octanol–water partition coefficient (Wildman–Crippen LogP) is 1.97. The first-order valence-corrected chi connectivity index (χ1v) is 6.00. The number of anilines is 1. The Bertz CT molecular complexity index is 715. The summed E-state index contributed by atoms with van der Waals surface area (Å²) in [6, 6.07) is 5.57. The molecule has 0 aliphatic carbocycles. The number of aromatic nitrogens is 2. The minimum atomic E-state index is -3.05. The van der Waals surface area contributed by atoms with Gasteiger partial charge in [-0.2, -0.15) is 13.9 Å². The van der Waals surface area contributed by atoms with Crippen LogP contribution < -0.4 is 10.1 Å². The van der Waals surface area contributed by atoms with Gasteiger partial charge in [-0.25, -0.2) is 4.79 Å². The molecule has 2 N–H and O–H groups in total. The highest BCUT2D eigenvalue weighted by atomic mass is 19.3. The number of nitrogens with one attached hydrogen (secondary N) is 1. The maximum absolute atomic E-state index is 12.3. The lowest BCUT2D eigenvalue weighted by Gasteiger charge is -2.11. The fourth-order valence-electron chi connectivity index (χ4n) is 1.77. The van der Waals surface area contributed by atoms with Gasteiger partial charge < -0.3 is 15.2 Å². The van der Waals surface area contributed by atoms with Gasteiger partial charge in [-0.3, -0.25) is 9.48 Å². The van der Waals surface area contributed by atoms with Gasteiger partial charge in [-0.15, -0.1) is 0 Å². The van der Waals surface area contributed by atoms with Crippen molar-refractivity contribution in [3.8, 4) is 5.75 Å². The van der Waals surface area contributed by atoms with E-state index in [2.05, 4.69) is 15.2 Å². The molecular weight excluding hydrogens is 300 g/mol. The Morgan fingerprint density at radius 3 is 2.68 bits per heavy atom. The van der Waals surface area contributed by atoms with Gasteiger partial charge in [0, 0.05) is 13.2 Å². The summed E-state index contributed by atoms with van der Waals surface area (Å²) in [5.74, 6) is -2.40.